The summed E-state index contributed by atoms with van der Waals surface area (Å²) in [7, 11) is 6.24. The maximum atomic E-state index is 13.3. The van der Waals surface area contributed by atoms with Crippen molar-refractivity contribution in [3.8, 4) is 0 Å². The van der Waals surface area contributed by atoms with Crippen molar-refractivity contribution >= 4 is 42.1 Å². The minimum absolute atomic E-state index is 0.0550. The summed E-state index contributed by atoms with van der Waals surface area (Å²) in [6.07, 6.45) is 0.0550. The summed E-state index contributed by atoms with van der Waals surface area (Å²) in [6, 6.07) is 16.3. The number of carbonyl (C=O) groups excluding carboxylic acids is 1. The number of nitrogens with one attached hydrogen (secondary N) is 2. The molecule has 7 nitrogen and oxygen atoms in total. The molecule has 0 aliphatic carbocycles. The van der Waals surface area contributed by atoms with Crippen LogP contribution in [-0.2, 0) is 16.1 Å². The Hall–Kier alpha value is -3.52. The topological polar surface area (TPSA) is 98.4 Å². The van der Waals surface area contributed by atoms with E-state index in [9.17, 15) is 9.59 Å². The summed E-state index contributed by atoms with van der Waals surface area (Å²) in [5.74, 6) is -0.365. The van der Waals surface area contributed by atoms with Gasteiger partial charge in [0.1, 0.15) is 0 Å². The molecule has 0 unspecified atom stereocenters. The Balaban J connectivity index is 1.85. The third-order valence-corrected chi connectivity index (χ3v) is 5.94. The molecule has 4 N–H and O–H groups in total. The van der Waals surface area contributed by atoms with E-state index in [-0.39, 0.29) is 48.2 Å². The van der Waals surface area contributed by atoms with Crippen LogP contribution < -0.4 is 21.9 Å². The maximum absolute atomic E-state index is 13.3. The summed E-state index contributed by atoms with van der Waals surface area (Å²) < 4.78 is 6.69. The molecular weight excluding hydrogens is 463 g/mol. The number of rotatable bonds is 10. The van der Waals surface area contributed by atoms with Crippen LogP contribution in [0.5, 0.6) is 0 Å². The molecule has 0 fully saturated rings. The van der Waals surface area contributed by atoms with Gasteiger partial charge >= 0.3 is 211 Å². The molecule has 0 bridgehead atoms. The first-order chi connectivity index (χ1) is 16.7. The Morgan fingerprint density at radius 1 is 1.17 bits per heavy atom. The molecule has 0 saturated carbocycles. The molecule has 0 aliphatic heterocycles. The molecule has 9 heteroatoms. The molecule has 181 valence electrons. The molecule has 1 aromatic heterocycles. The fraction of sp³-hybridized carbons (Fsp3) is 0.269. The third-order valence-electron chi connectivity index (χ3n) is 5.57. The van der Waals surface area contributed by atoms with Crippen molar-refractivity contribution < 1.29 is 9.53 Å². The summed E-state index contributed by atoms with van der Waals surface area (Å²) >= 11 is 6.30. The summed E-state index contributed by atoms with van der Waals surface area (Å²) in [5, 5.41) is 6.57. The van der Waals surface area contributed by atoms with Gasteiger partial charge in [-0.3, -0.25) is 0 Å². The minimum atomic E-state index is -0.473. The zero-order valence-corrected chi connectivity index (χ0v) is 20.9. The fourth-order valence-electron chi connectivity index (χ4n) is 3.71. The van der Waals surface area contributed by atoms with Crippen molar-refractivity contribution in [2.45, 2.75) is 39.8 Å². The molecule has 1 radical (unpaired) electrons. The van der Waals surface area contributed by atoms with E-state index in [1.807, 2.05) is 49.4 Å². The Morgan fingerprint density at radius 3 is 2.51 bits per heavy atom. The van der Waals surface area contributed by atoms with E-state index < -0.39 is 6.04 Å². The van der Waals surface area contributed by atoms with E-state index in [0.29, 0.717) is 10.7 Å². The number of benzene rings is 2. The predicted molar refractivity (Wildman–Crippen MR) is 143 cm³/mol. The zero-order valence-electron chi connectivity index (χ0n) is 20.1. The average molecular weight is 492 g/mol. The predicted octanol–water partition coefficient (Wildman–Crippen LogP) is 3.70. The van der Waals surface area contributed by atoms with E-state index >= 15 is 0 Å². The molecule has 1 heterocycles. The van der Waals surface area contributed by atoms with E-state index in [2.05, 4.69) is 10.6 Å². The number of nitrogens with zero attached hydrogens (tertiary/aromatic N) is 1. The molecule has 35 heavy (non-hydrogen) atoms. The number of nitrogen functional groups attached to an aromatic ring is 1. The van der Waals surface area contributed by atoms with E-state index in [4.69, 9.17) is 29.6 Å². The second kappa shape index (κ2) is 11.8. The first-order valence-electron chi connectivity index (χ1n) is 11.3. The van der Waals surface area contributed by atoms with E-state index in [1.54, 1.807) is 30.5 Å². The molecule has 2 aromatic carbocycles. The monoisotopic (exact) mass is 491 g/mol. The number of carbonyl (C=O) groups is 1. The number of halogens is 1. The van der Waals surface area contributed by atoms with Crippen LogP contribution >= 0.6 is 11.6 Å². The Labute approximate surface area is 211 Å². The second-order valence-electron chi connectivity index (χ2n) is 8.25. The van der Waals surface area contributed by atoms with Crippen LogP contribution in [0.15, 0.2) is 59.4 Å². The second-order valence-corrected chi connectivity index (χ2v) is 8.66. The number of aryl methyl sites for hydroxylation is 2. The number of nitrogens with two attached hydrogens (primary N) is 1. The van der Waals surface area contributed by atoms with Crippen LogP contribution in [0, 0.1) is 13.8 Å². The molecule has 0 saturated heterocycles. The van der Waals surface area contributed by atoms with Crippen LogP contribution in [0.1, 0.15) is 41.8 Å². The van der Waals surface area contributed by atoms with Gasteiger partial charge in [0.2, 0.25) is 0 Å². The van der Waals surface area contributed by atoms with E-state index in [0.717, 1.165) is 16.7 Å². The molecular formula is C26H29BClN4O3. The molecule has 0 aliphatic rings. The SMILES string of the molecule is [B]=C(Nc1c(N)cc(C)n(Cc2ccccc2Cl)c1=O)N[C@@H](CC(=O)OCC)c1ccc(C)cc1. The van der Waals surface area contributed by atoms with Gasteiger partial charge in [0.05, 0.1) is 0 Å². The van der Waals surface area contributed by atoms with Gasteiger partial charge in [-0.25, -0.2) is 0 Å². The number of hydrogen-bond donors (Lipinski definition) is 3. The summed E-state index contributed by atoms with van der Waals surface area (Å²) in [5.41, 5.74) is 9.72. The van der Waals surface area contributed by atoms with Crippen molar-refractivity contribution in [1.29, 1.82) is 0 Å². The quantitative estimate of drug-likeness (QED) is 0.295. The summed E-state index contributed by atoms with van der Waals surface area (Å²) in [4.78, 5) is 25.5. The fourth-order valence-corrected chi connectivity index (χ4v) is 3.90. The molecule has 0 spiro atoms. The number of aromatic nitrogens is 1. The van der Waals surface area contributed by atoms with Gasteiger partial charge in [-0.15, -0.1) is 0 Å². The average Bonchev–Trinajstić information content (AvgIpc) is 2.81. The Kier molecular flexibility index (Phi) is 8.76. The van der Waals surface area contributed by atoms with Crippen LogP contribution in [0.4, 0.5) is 11.4 Å². The number of ether oxygens (including phenoxy) is 1. The molecule has 3 aromatic rings. The van der Waals surface area contributed by atoms with Crippen molar-refractivity contribution in [2.24, 2.45) is 0 Å². The number of pyridine rings is 1. The molecule has 0 amide bonds. The molecule has 1 atom stereocenters. The Morgan fingerprint density at radius 2 is 1.86 bits per heavy atom. The standard InChI is InChI=1S/C26H29BClN4O3/c1-4-35-23(33)14-22(18-11-9-16(2)10-12-18)30-26(27)31-24-21(29)13-17(3)32(25(24)34)15-19-7-5-6-8-20(19)28/h5-13,22,30-31H,4,14-15,29H2,1-3H3/t22-/m0/s1. The van der Waals surface area contributed by atoms with Crippen LogP contribution in [-0.4, -0.2) is 30.3 Å². The van der Waals surface area contributed by atoms with Gasteiger partial charge < -0.3 is 0 Å². The van der Waals surface area contributed by atoms with Crippen LogP contribution in [0.2, 0.25) is 5.02 Å². The van der Waals surface area contributed by atoms with Gasteiger partial charge in [-0.05, 0) is 0 Å². The first-order valence-corrected chi connectivity index (χ1v) is 11.7. The van der Waals surface area contributed by atoms with Gasteiger partial charge in [0, 0.05) is 0 Å². The van der Waals surface area contributed by atoms with Crippen LogP contribution in [0.3, 0.4) is 0 Å². The number of esters is 1. The van der Waals surface area contributed by atoms with Crippen molar-refractivity contribution in [3.63, 3.8) is 0 Å². The first kappa shape index (κ1) is 26.1. The van der Waals surface area contributed by atoms with E-state index in [1.165, 1.54) is 0 Å². The molecule has 3 rings (SSSR count). The Bertz CT molecular complexity index is 1270. The number of hydrogen-bond acceptors (Lipinski definition) is 6. The zero-order chi connectivity index (χ0) is 25.5. The van der Waals surface area contributed by atoms with Crippen LogP contribution in [0.25, 0.3) is 0 Å². The summed E-state index contributed by atoms with van der Waals surface area (Å²) in [6.45, 7) is 6.09. The van der Waals surface area contributed by atoms with Crippen molar-refractivity contribution in [3.05, 3.63) is 92.4 Å². The van der Waals surface area contributed by atoms with Gasteiger partial charge in [-0.2, -0.15) is 0 Å². The number of anilines is 2. The van der Waals surface area contributed by atoms with Gasteiger partial charge in [0.25, 0.3) is 0 Å². The third kappa shape index (κ3) is 6.76. The van der Waals surface area contributed by atoms with Crippen molar-refractivity contribution in [2.75, 3.05) is 17.7 Å². The van der Waals surface area contributed by atoms with Gasteiger partial charge in [-0.1, -0.05) is 0 Å². The van der Waals surface area contributed by atoms with Gasteiger partial charge in [0.15, 0.2) is 0 Å². The van der Waals surface area contributed by atoms with Crippen molar-refractivity contribution in [1.82, 2.24) is 9.88 Å². The normalized spacial score (nSPS) is 11.5.